The Morgan fingerprint density at radius 1 is 1.13 bits per heavy atom. The molecular weight excluding hydrogens is 493 g/mol. The summed E-state index contributed by atoms with van der Waals surface area (Å²) < 4.78 is 0. The van der Waals surface area contributed by atoms with Crippen molar-refractivity contribution in [3.8, 4) is 0 Å². The van der Waals surface area contributed by atoms with Crippen LogP contribution in [0.1, 0.15) is 54.9 Å². The molecule has 1 aromatic rings. The van der Waals surface area contributed by atoms with Crippen molar-refractivity contribution in [2.45, 2.75) is 51.6 Å². The molecular formula is C22H34IN5O2. The third kappa shape index (κ3) is 6.58. The highest BCUT2D eigenvalue weighted by atomic mass is 127. The van der Waals surface area contributed by atoms with Crippen LogP contribution < -0.4 is 10.6 Å². The number of nitrogens with zero attached hydrogens (tertiary/aromatic N) is 3. The number of guanidine groups is 1. The van der Waals surface area contributed by atoms with Gasteiger partial charge in [0.2, 0.25) is 5.91 Å². The molecule has 7 nitrogen and oxygen atoms in total. The summed E-state index contributed by atoms with van der Waals surface area (Å²) in [7, 11) is 1.75. The molecule has 2 saturated heterocycles. The van der Waals surface area contributed by atoms with E-state index in [0.29, 0.717) is 25.5 Å². The third-order valence-electron chi connectivity index (χ3n) is 5.69. The quantitative estimate of drug-likeness (QED) is 0.351. The SMILES string of the molecule is CCC(=O)N1CCC(NC(=NC)NCc2cccc(C(=O)N3CCCCC3)c2)C1.I. The van der Waals surface area contributed by atoms with Crippen LogP contribution in [0, 0.1) is 0 Å². The van der Waals surface area contributed by atoms with Gasteiger partial charge in [0.1, 0.15) is 0 Å². The van der Waals surface area contributed by atoms with Gasteiger partial charge in [-0.15, -0.1) is 24.0 Å². The van der Waals surface area contributed by atoms with Gasteiger partial charge < -0.3 is 20.4 Å². The second-order valence-corrected chi connectivity index (χ2v) is 7.80. The summed E-state index contributed by atoms with van der Waals surface area (Å²) in [5.41, 5.74) is 1.80. The molecule has 2 fully saturated rings. The van der Waals surface area contributed by atoms with Crippen molar-refractivity contribution in [3.05, 3.63) is 35.4 Å². The van der Waals surface area contributed by atoms with E-state index in [0.717, 1.165) is 50.0 Å². The standard InChI is InChI=1S/C22H33N5O2.HI/c1-3-20(28)27-13-10-19(16-27)25-22(23-2)24-15-17-8-7-9-18(14-17)21(29)26-11-5-4-6-12-26;/h7-9,14,19H,3-6,10-13,15-16H2,1-2H3,(H2,23,24,25);1H. The van der Waals surface area contributed by atoms with Crippen LogP contribution in [-0.4, -0.2) is 66.8 Å². The molecule has 2 aliphatic rings. The molecule has 30 heavy (non-hydrogen) atoms. The Morgan fingerprint density at radius 3 is 2.60 bits per heavy atom. The Hall–Kier alpha value is -1.84. The van der Waals surface area contributed by atoms with Crippen LogP contribution in [0.4, 0.5) is 0 Å². The molecule has 166 valence electrons. The predicted molar refractivity (Wildman–Crippen MR) is 130 cm³/mol. The third-order valence-corrected chi connectivity index (χ3v) is 5.69. The van der Waals surface area contributed by atoms with Crippen molar-refractivity contribution in [2.24, 2.45) is 4.99 Å². The molecule has 3 rings (SSSR count). The molecule has 1 atom stereocenters. The Kier molecular flexibility index (Phi) is 9.87. The number of likely N-dealkylation sites (tertiary alicyclic amines) is 2. The Morgan fingerprint density at radius 2 is 1.90 bits per heavy atom. The second-order valence-electron chi connectivity index (χ2n) is 7.80. The first kappa shape index (κ1) is 24.4. The van der Waals surface area contributed by atoms with E-state index in [-0.39, 0.29) is 41.8 Å². The number of carbonyl (C=O) groups excluding carboxylic acids is 2. The molecule has 0 aromatic heterocycles. The highest BCUT2D eigenvalue weighted by Gasteiger charge is 2.25. The number of aliphatic imine (C=N–C) groups is 1. The van der Waals surface area contributed by atoms with E-state index in [1.807, 2.05) is 41.0 Å². The molecule has 0 aliphatic carbocycles. The zero-order valence-electron chi connectivity index (χ0n) is 18.0. The van der Waals surface area contributed by atoms with Gasteiger partial charge in [-0.2, -0.15) is 0 Å². The van der Waals surface area contributed by atoms with E-state index >= 15 is 0 Å². The van der Waals surface area contributed by atoms with Crippen LogP contribution in [-0.2, 0) is 11.3 Å². The van der Waals surface area contributed by atoms with E-state index in [1.54, 1.807) is 7.05 Å². The summed E-state index contributed by atoms with van der Waals surface area (Å²) >= 11 is 0. The lowest BCUT2D eigenvalue weighted by Crippen LogP contribution is -2.44. The van der Waals surface area contributed by atoms with Gasteiger partial charge in [-0.05, 0) is 43.4 Å². The number of carbonyl (C=O) groups is 2. The molecule has 0 spiro atoms. The second kappa shape index (κ2) is 12.1. The number of rotatable bonds is 5. The van der Waals surface area contributed by atoms with E-state index in [2.05, 4.69) is 15.6 Å². The van der Waals surface area contributed by atoms with Gasteiger partial charge in [0.05, 0.1) is 0 Å². The van der Waals surface area contributed by atoms with Crippen LogP contribution in [0.25, 0.3) is 0 Å². The number of hydrogen-bond acceptors (Lipinski definition) is 3. The summed E-state index contributed by atoms with van der Waals surface area (Å²) in [5.74, 6) is 1.04. The molecule has 1 aromatic carbocycles. The number of benzene rings is 1. The normalized spacial score (nSPS) is 19.3. The topological polar surface area (TPSA) is 77.0 Å². The van der Waals surface area contributed by atoms with Gasteiger partial charge in [-0.3, -0.25) is 14.6 Å². The van der Waals surface area contributed by atoms with Crippen molar-refractivity contribution < 1.29 is 9.59 Å². The summed E-state index contributed by atoms with van der Waals surface area (Å²) in [6.07, 6.45) is 4.87. The van der Waals surface area contributed by atoms with Crippen LogP contribution in [0.2, 0.25) is 0 Å². The Bertz CT molecular complexity index is 749. The van der Waals surface area contributed by atoms with Gasteiger partial charge in [0.15, 0.2) is 5.96 Å². The van der Waals surface area contributed by atoms with Crippen molar-refractivity contribution in [2.75, 3.05) is 33.2 Å². The average molecular weight is 527 g/mol. The molecule has 0 bridgehead atoms. The summed E-state index contributed by atoms with van der Waals surface area (Å²) in [5, 5.41) is 6.73. The van der Waals surface area contributed by atoms with Crippen LogP contribution in [0.5, 0.6) is 0 Å². The summed E-state index contributed by atoms with van der Waals surface area (Å²) in [4.78, 5) is 32.7. The van der Waals surface area contributed by atoms with Crippen molar-refractivity contribution >= 4 is 41.8 Å². The lowest BCUT2D eigenvalue weighted by Gasteiger charge is -2.26. The zero-order chi connectivity index (χ0) is 20.6. The maximum absolute atomic E-state index is 12.7. The maximum Gasteiger partial charge on any atom is 0.253 e. The molecule has 2 N–H and O–H groups in total. The fourth-order valence-electron chi connectivity index (χ4n) is 4.00. The van der Waals surface area contributed by atoms with Crippen LogP contribution >= 0.6 is 24.0 Å². The predicted octanol–water partition coefficient (Wildman–Crippen LogP) is 2.61. The van der Waals surface area contributed by atoms with Gasteiger partial charge in [0, 0.05) is 57.8 Å². The molecule has 2 heterocycles. The number of hydrogen-bond donors (Lipinski definition) is 2. The first-order valence-electron chi connectivity index (χ1n) is 10.7. The Labute approximate surface area is 196 Å². The van der Waals surface area contributed by atoms with Crippen molar-refractivity contribution in [1.82, 2.24) is 20.4 Å². The molecule has 1 unspecified atom stereocenters. The maximum atomic E-state index is 12.7. The van der Waals surface area contributed by atoms with Crippen molar-refractivity contribution in [1.29, 1.82) is 0 Å². The van der Waals surface area contributed by atoms with Gasteiger partial charge >= 0.3 is 0 Å². The lowest BCUT2D eigenvalue weighted by molar-refractivity contribution is -0.129. The van der Waals surface area contributed by atoms with E-state index in [4.69, 9.17) is 0 Å². The molecule has 8 heteroatoms. The highest BCUT2D eigenvalue weighted by molar-refractivity contribution is 14.0. The molecule has 0 radical (unpaired) electrons. The Balaban J connectivity index is 0.00000320. The number of amides is 2. The van der Waals surface area contributed by atoms with Crippen LogP contribution in [0.15, 0.2) is 29.3 Å². The summed E-state index contributed by atoms with van der Waals surface area (Å²) in [6.45, 7) is 5.71. The van der Waals surface area contributed by atoms with Crippen LogP contribution in [0.3, 0.4) is 0 Å². The number of halogens is 1. The first-order chi connectivity index (χ1) is 14.1. The highest BCUT2D eigenvalue weighted by Crippen LogP contribution is 2.14. The summed E-state index contributed by atoms with van der Waals surface area (Å²) in [6, 6.07) is 8.03. The minimum absolute atomic E-state index is 0. The van der Waals surface area contributed by atoms with E-state index in [9.17, 15) is 9.59 Å². The molecule has 2 aliphatic heterocycles. The molecule has 0 saturated carbocycles. The lowest BCUT2D eigenvalue weighted by atomic mass is 10.1. The zero-order valence-corrected chi connectivity index (χ0v) is 20.4. The van der Waals surface area contributed by atoms with Crippen molar-refractivity contribution in [3.63, 3.8) is 0 Å². The largest absolute Gasteiger partial charge is 0.352 e. The minimum atomic E-state index is 0. The van der Waals surface area contributed by atoms with E-state index < -0.39 is 0 Å². The monoisotopic (exact) mass is 527 g/mol. The number of nitrogens with one attached hydrogen (secondary N) is 2. The number of piperidine rings is 1. The fraction of sp³-hybridized carbons (Fsp3) is 0.591. The van der Waals surface area contributed by atoms with Gasteiger partial charge in [-0.25, -0.2) is 0 Å². The molecule has 2 amide bonds. The van der Waals surface area contributed by atoms with Gasteiger partial charge in [0.25, 0.3) is 5.91 Å². The smallest absolute Gasteiger partial charge is 0.253 e. The van der Waals surface area contributed by atoms with Gasteiger partial charge in [-0.1, -0.05) is 19.1 Å². The average Bonchev–Trinajstić information content (AvgIpc) is 3.25. The first-order valence-corrected chi connectivity index (χ1v) is 10.7. The fourth-order valence-corrected chi connectivity index (χ4v) is 4.00. The van der Waals surface area contributed by atoms with E-state index in [1.165, 1.54) is 6.42 Å². The minimum Gasteiger partial charge on any atom is -0.352 e.